The summed E-state index contributed by atoms with van der Waals surface area (Å²) in [5.74, 6) is -2.12. The number of fused-ring (bicyclic) bond motifs is 10. The lowest BCUT2D eigenvalue weighted by atomic mass is 9.68. The van der Waals surface area contributed by atoms with Crippen LogP contribution in [0.15, 0.2) is 101 Å². The molecule has 2 saturated carbocycles. The predicted molar refractivity (Wildman–Crippen MR) is 198 cm³/mol. The minimum atomic E-state index is -0.496. The molecule has 2 aliphatic heterocycles. The average molecular weight is 732 g/mol. The van der Waals surface area contributed by atoms with Gasteiger partial charge in [0.05, 0.1) is 34.7 Å². The number of benzene rings is 4. The van der Waals surface area contributed by atoms with E-state index in [-0.39, 0.29) is 64.7 Å². The smallest absolute Gasteiger partial charge is 0.338 e. The van der Waals surface area contributed by atoms with Crippen molar-refractivity contribution >= 4 is 68.9 Å². The molecule has 52 heavy (non-hydrogen) atoms. The Morgan fingerprint density at radius 3 is 2.40 bits per heavy atom. The molecule has 9 rings (SSSR count). The van der Waals surface area contributed by atoms with Crippen LogP contribution >= 0.6 is 23.1 Å². The van der Waals surface area contributed by atoms with Crippen molar-refractivity contribution in [2.24, 2.45) is 29.6 Å². The number of para-hydroxylation sites is 1. The van der Waals surface area contributed by atoms with Gasteiger partial charge in [0.25, 0.3) is 5.91 Å². The molecule has 0 radical (unpaired) electrons. The van der Waals surface area contributed by atoms with Gasteiger partial charge in [0.2, 0.25) is 11.8 Å². The van der Waals surface area contributed by atoms with Gasteiger partial charge in [0.15, 0.2) is 6.61 Å². The van der Waals surface area contributed by atoms with Crippen molar-refractivity contribution < 1.29 is 28.7 Å². The van der Waals surface area contributed by atoms with Crippen LogP contribution in [0, 0.1) is 29.6 Å². The lowest BCUT2D eigenvalue weighted by Crippen LogP contribution is -2.42. The Morgan fingerprint density at radius 1 is 0.885 bits per heavy atom. The molecule has 3 heterocycles. The van der Waals surface area contributed by atoms with Crippen LogP contribution in [-0.4, -0.2) is 47.1 Å². The molecule has 2 bridgehead atoms. The monoisotopic (exact) mass is 731 g/mol. The fraction of sp³-hybridized carbons (Fsp3) is 0.275. The molecule has 7 atom stereocenters. The molecule has 3 amide bonds. The number of rotatable bonds is 8. The number of aromatic nitrogens is 1. The molecule has 3 fully saturated rings. The fourth-order valence-corrected chi connectivity index (χ4v) is 11.9. The molecule has 1 aromatic heterocycles. The normalized spacial score (nSPS) is 25.5. The first-order valence-corrected chi connectivity index (χ1v) is 19.1. The van der Waals surface area contributed by atoms with E-state index in [2.05, 4.69) is 10.3 Å². The highest BCUT2D eigenvalue weighted by Crippen LogP contribution is 2.69. The molecule has 12 heteroatoms. The Kier molecular flexibility index (Phi) is 8.04. The molecule has 0 spiro atoms. The van der Waals surface area contributed by atoms with Gasteiger partial charge in [-0.25, -0.2) is 4.79 Å². The molecule has 1 saturated heterocycles. The topological polar surface area (TPSA) is 135 Å². The highest BCUT2D eigenvalue weighted by molar-refractivity contribution is 8.00. The Labute approximate surface area is 306 Å². The van der Waals surface area contributed by atoms with E-state index in [1.54, 1.807) is 43.0 Å². The van der Waals surface area contributed by atoms with Gasteiger partial charge in [-0.15, -0.1) is 11.8 Å². The zero-order valence-corrected chi connectivity index (χ0v) is 29.6. The van der Waals surface area contributed by atoms with Gasteiger partial charge in [0, 0.05) is 27.3 Å². The third kappa shape index (κ3) is 5.26. The first kappa shape index (κ1) is 32.7. The number of esters is 1. The largest absolute Gasteiger partial charge is 0.483 e. The molecule has 2 N–H and O–H groups in total. The van der Waals surface area contributed by atoms with E-state index in [4.69, 9.17) is 9.47 Å². The standard InChI is InChI=1S/C40H33N3O7S2/c1-2-49-39(47)21-12-15-24(16-13-21)43-37(45)32-26-18-27(33(32)38(43)46)34-31(26)30(35-36(51-34)42-40(48)52-35)25-9-5-6-10-28(25)50-19-29(44)41-23-14-11-20-7-3-4-8-22(20)17-23/h3-17,26-27,30-34H,2,18-19H2,1H3,(H,41,44)(H,42,48)/t26-,27-,30+,31-,32+,33+,34-/m1/s1. The highest BCUT2D eigenvalue weighted by atomic mass is 32.2. The van der Waals surface area contributed by atoms with Crippen molar-refractivity contribution in [3.63, 3.8) is 0 Å². The summed E-state index contributed by atoms with van der Waals surface area (Å²) < 4.78 is 11.3. The number of anilines is 2. The van der Waals surface area contributed by atoms with Crippen molar-refractivity contribution in [1.82, 2.24) is 4.98 Å². The summed E-state index contributed by atoms with van der Waals surface area (Å²) in [6, 6.07) is 27.7. The summed E-state index contributed by atoms with van der Waals surface area (Å²) in [4.78, 5) is 71.5. The fourth-order valence-electron chi connectivity index (χ4n) is 9.06. The minimum Gasteiger partial charge on any atom is -0.483 e. The zero-order chi connectivity index (χ0) is 35.7. The Morgan fingerprint density at radius 2 is 1.62 bits per heavy atom. The maximum Gasteiger partial charge on any atom is 0.338 e. The second-order valence-corrected chi connectivity index (χ2v) is 15.9. The number of carbonyl (C=O) groups excluding carboxylic acids is 4. The lowest BCUT2D eigenvalue weighted by Gasteiger charge is -2.43. The van der Waals surface area contributed by atoms with Crippen molar-refractivity contribution in [3.8, 4) is 5.75 Å². The van der Waals surface area contributed by atoms with E-state index in [0.29, 0.717) is 22.7 Å². The number of nitrogens with one attached hydrogen (secondary N) is 2. The molecular weight excluding hydrogens is 699 g/mol. The number of aromatic amines is 1. The Hall–Kier alpha value is -5.20. The number of carbonyl (C=O) groups is 4. The van der Waals surface area contributed by atoms with Gasteiger partial charge in [-0.05, 0) is 84.3 Å². The highest BCUT2D eigenvalue weighted by Gasteiger charge is 2.69. The van der Waals surface area contributed by atoms with Crippen LogP contribution in [0.5, 0.6) is 5.75 Å². The van der Waals surface area contributed by atoms with Crippen molar-refractivity contribution in [2.75, 3.05) is 23.4 Å². The molecular formula is C40H33N3O7S2. The first-order chi connectivity index (χ1) is 25.3. The number of nitrogens with zero attached hydrogens (tertiary/aromatic N) is 1. The van der Waals surface area contributed by atoms with Gasteiger partial charge in [0.1, 0.15) is 5.75 Å². The Bertz CT molecular complexity index is 2340. The van der Waals surface area contributed by atoms with Gasteiger partial charge in [-0.1, -0.05) is 59.9 Å². The van der Waals surface area contributed by atoms with Crippen LogP contribution in [0.3, 0.4) is 0 Å². The molecule has 4 aromatic carbocycles. The van der Waals surface area contributed by atoms with E-state index in [1.807, 2.05) is 66.7 Å². The van der Waals surface area contributed by atoms with E-state index in [0.717, 1.165) is 32.7 Å². The number of imide groups is 1. The maximum atomic E-state index is 14.2. The van der Waals surface area contributed by atoms with E-state index >= 15 is 0 Å². The van der Waals surface area contributed by atoms with Crippen molar-refractivity contribution in [1.29, 1.82) is 0 Å². The summed E-state index contributed by atoms with van der Waals surface area (Å²) in [7, 11) is 0. The van der Waals surface area contributed by atoms with Gasteiger partial charge < -0.3 is 19.8 Å². The van der Waals surface area contributed by atoms with Crippen LogP contribution in [0.2, 0.25) is 0 Å². The first-order valence-electron chi connectivity index (χ1n) is 17.4. The molecule has 0 unspecified atom stereocenters. The maximum absolute atomic E-state index is 14.2. The third-order valence-corrected chi connectivity index (χ3v) is 13.6. The van der Waals surface area contributed by atoms with Crippen LogP contribution in [0.4, 0.5) is 11.4 Å². The number of thioether (sulfide) groups is 1. The van der Waals surface area contributed by atoms with Crippen molar-refractivity contribution in [3.05, 3.63) is 117 Å². The SMILES string of the molecule is CCOC(=O)c1ccc(N2C(=O)[C@H]3[C@H]4C[C@@H]([C@@H]3C2=O)[C@@H]2[C@H](c3ccccc3OCC(=O)Nc3ccc5ccccc5c3)c3sc(=O)[nH]c3S[C@H]42)cc1. The number of H-pyrrole nitrogens is 1. The molecule has 4 aliphatic rings. The van der Waals surface area contributed by atoms with Crippen molar-refractivity contribution in [2.45, 2.75) is 29.5 Å². The summed E-state index contributed by atoms with van der Waals surface area (Å²) in [6.07, 6.45) is 0.734. The van der Waals surface area contributed by atoms with Crippen LogP contribution in [0.1, 0.15) is 40.1 Å². The third-order valence-electron chi connectivity index (χ3n) is 11.0. The minimum absolute atomic E-state index is 0.0128. The summed E-state index contributed by atoms with van der Waals surface area (Å²) in [5.41, 5.74) is 2.31. The van der Waals surface area contributed by atoms with E-state index < -0.39 is 17.8 Å². The van der Waals surface area contributed by atoms with Crippen LogP contribution in [-0.2, 0) is 19.1 Å². The lowest BCUT2D eigenvalue weighted by molar-refractivity contribution is -0.123. The molecule has 10 nitrogen and oxygen atoms in total. The quantitative estimate of drug-likeness (QED) is 0.137. The number of amides is 3. The number of ether oxygens (including phenoxy) is 2. The zero-order valence-electron chi connectivity index (χ0n) is 27.9. The average Bonchev–Trinajstić information content (AvgIpc) is 3.89. The number of thiazole rings is 1. The van der Waals surface area contributed by atoms with E-state index in [9.17, 15) is 24.0 Å². The van der Waals surface area contributed by atoms with Gasteiger partial charge in [-0.2, -0.15) is 0 Å². The molecule has 5 aromatic rings. The van der Waals surface area contributed by atoms with Crippen LogP contribution < -0.4 is 19.8 Å². The summed E-state index contributed by atoms with van der Waals surface area (Å²) in [6.45, 7) is 1.76. The van der Waals surface area contributed by atoms with Gasteiger partial charge >= 0.3 is 10.8 Å². The number of hydrogen-bond acceptors (Lipinski definition) is 9. The summed E-state index contributed by atoms with van der Waals surface area (Å²) >= 11 is 2.78. The predicted octanol–water partition coefficient (Wildman–Crippen LogP) is 6.46. The second-order valence-electron chi connectivity index (χ2n) is 13.7. The Balaban J connectivity index is 0.999. The van der Waals surface area contributed by atoms with Gasteiger partial charge in [-0.3, -0.25) is 24.1 Å². The number of hydrogen-bond donors (Lipinski definition) is 2. The van der Waals surface area contributed by atoms with Crippen LogP contribution in [0.25, 0.3) is 10.8 Å². The second kappa shape index (κ2) is 12.8. The van der Waals surface area contributed by atoms with E-state index in [1.165, 1.54) is 16.2 Å². The summed E-state index contributed by atoms with van der Waals surface area (Å²) in [5, 5.41) is 5.81. The molecule has 262 valence electrons. The molecule has 2 aliphatic carbocycles.